The molecule has 0 aromatic rings. The molecule has 0 spiro atoms. The third-order valence-corrected chi connectivity index (χ3v) is 64.2. The van der Waals surface area contributed by atoms with Crippen LogP contribution >= 0.6 is 66.0 Å². The summed E-state index contributed by atoms with van der Waals surface area (Å²) in [5.41, 5.74) is 3.48. The maximum atomic E-state index is 3.21. The lowest BCUT2D eigenvalue weighted by molar-refractivity contribution is 0.323. The Balaban J connectivity index is 1.67. The van der Waals surface area contributed by atoms with E-state index in [1.54, 1.807) is 6.16 Å². The van der Waals surface area contributed by atoms with Gasteiger partial charge in [0.05, 0.1) is 4.64 Å². The normalized spacial score (nSPS) is 48.2. The van der Waals surface area contributed by atoms with Crippen LogP contribution in [0.25, 0.3) is 0 Å². The van der Waals surface area contributed by atoms with Crippen molar-refractivity contribution >= 4 is 66.0 Å². The van der Waals surface area contributed by atoms with Crippen LogP contribution in [-0.4, -0.2) is 24.7 Å². The average molecular weight is 729 g/mol. The lowest BCUT2D eigenvalue weighted by atomic mass is 9.97. The first-order chi connectivity index (χ1) is 16.6. The predicted molar refractivity (Wildman–Crippen MR) is 192 cm³/mol. The molecule has 37 heavy (non-hydrogen) atoms. The molecule has 5 heterocycles. The van der Waals surface area contributed by atoms with E-state index in [9.17, 15) is 0 Å². The highest BCUT2D eigenvalue weighted by Crippen LogP contribution is 3.50. The lowest BCUT2D eigenvalue weighted by Gasteiger charge is -2.90. The van der Waals surface area contributed by atoms with Crippen LogP contribution in [0.15, 0.2) is 11.6 Å². The summed E-state index contributed by atoms with van der Waals surface area (Å²) in [7, 11) is 0.608. The van der Waals surface area contributed by atoms with Gasteiger partial charge in [-0.25, -0.2) is 0 Å². The van der Waals surface area contributed by atoms with Gasteiger partial charge < -0.3 is 0 Å². The molecule has 0 radical (unpaired) electrons. The maximum Gasteiger partial charge on any atom is 0.0555 e. The summed E-state index contributed by atoms with van der Waals surface area (Å²) in [4.78, 5) is 0. The Bertz CT molecular complexity index is 1010. The molecular weight excluding hydrogens is 673 g/mol. The first kappa shape index (κ1) is 31.5. The number of rotatable bonds is 6. The first-order valence-corrected chi connectivity index (χ1v) is 27.1. The van der Waals surface area contributed by atoms with Gasteiger partial charge in [0, 0.05) is 19.2 Å². The molecule has 7 heteroatoms. The zero-order valence-electron chi connectivity index (χ0n) is 26.5. The zero-order chi connectivity index (χ0) is 28.2. The minimum Gasteiger partial charge on any atom is -0.0859 e. The number of hydrogen-bond donors (Lipinski definition) is 0. The average Bonchev–Trinajstić information content (AvgIpc) is 2.85. The summed E-state index contributed by atoms with van der Waals surface area (Å²) in [6.07, 6.45) is 8.28. The molecule has 0 N–H and O–H groups in total. The molecule has 0 bridgehead atoms. The minimum atomic E-state index is 0.108. The molecular formula is C30H55IP6. The third kappa shape index (κ3) is 3.17. The number of halogens is 1. The van der Waals surface area contributed by atoms with Gasteiger partial charge in [-0.3, -0.25) is 0 Å². The van der Waals surface area contributed by atoms with Crippen molar-refractivity contribution in [3.05, 3.63) is 11.6 Å². The second-order valence-electron chi connectivity index (χ2n) is 17.0. The van der Waals surface area contributed by atoms with Crippen molar-refractivity contribution in [1.29, 1.82) is 0 Å². The van der Waals surface area contributed by atoms with Crippen LogP contribution in [0.4, 0.5) is 0 Å². The Morgan fingerprint density at radius 3 is 1.54 bits per heavy atom. The van der Waals surface area contributed by atoms with Gasteiger partial charge in [-0.2, -0.15) is 0 Å². The number of hydrogen-bond acceptors (Lipinski definition) is 0. The van der Waals surface area contributed by atoms with Gasteiger partial charge in [0.25, 0.3) is 0 Å². The van der Waals surface area contributed by atoms with E-state index in [2.05, 4.69) is 132 Å². The summed E-state index contributed by atoms with van der Waals surface area (Å²) in [6, 6.07) is 0. The highest BCUT2D eigenvalue weighted by atomic mass is 127. The molecule has 0 aliphatic carbocycles. The number of allylic oxidation sites excluding steroid dienone is 2. The van der Waals surface area contributed by atoms with E-state index in [-0.39, 0.29) is 43.9 Å². The summed E-state index contributed by atoms with van der Waals surface area (Å²) >= 11 is 3.21. The molecule has 212 valence electrons. The highest BCUT2D eigenvalue weighted by Gasteiger charge is 3.12. The molecule has 0 amide bonds. The Morgan fingerprint density at radius 1 is 0.676 bits per heavy atom. The third-order valence-electron chi connectivity index (χ3n) is 10.2. The van der Waals surface area contributed by atoms with Gasteiger partial charge in [-0.1, -0.05) is 125 Å². The van der Waals surface area contributed by atoms with Crippen molar-refractivity contribution < 1.29 is 0 Å². The van der Waals surface area contributed by atoms with Crippen molar-refractivity contribution in [2.75, 3.05) is 6.16 Å². The quantitative estimate of drug-likeness (QED) is 0.145. The summed E-state index contributed by atoms with van der Waals surface area (Å²) in [5.74, 6) is 0.882. The Labute approximate surface area is 251 Å². The molecule has 0 aromatic heterocycles. The predicted octanol–water partition coefficient (Wildman–Crippen LogP) is 14.7. The topological polar surface area (TPSA) is 0 Å². The van der Waals surface area contributed by atoms with E-state index in [1.165, 1.54) is 24.8 Å². The summed E-state index contributed by atoms with van der Waals surface area (Å²) < 4.78 is 3.12. The smallest absolute Gasteiger partial charge is 0.0555 e. The molecule has 5 aliphatic heterocycles. The lowest BCUT2D eigenvalue weighted by Crippen LogP contribution is -2.72. The fraction of sp³-hybridized carbons (Fsp3) is 0.933. The second-order valence-corrected chi connectivity index (χ2v) is 43.8. The van der Waals surface area contributed by atoms with E-state index in [4.69, 9.17) is 0 Å². The molecule has 0 aromatic carbocycles. The second kappa shape index (κ2) is 8.82. The molecule has 5 saturated heterocycles. The van der Waals surface area contributed by atoms with Gasteiger partial charge >= 0.3 is 0 Å². The van der Waals surface area contributed by atoms with Crippen LogP contribution in [0.5, 0.6) is 0 Å². The Hall–Kier alpha value is 3.05. The Morgan fingerprint density at radius 2 is 1.11 bits per heavy atom. The van der Waals surface area contributed by atoms with Crippen LogP contribution in [0, 0.1) is 27.6 Å². The van der Waals surface area contributed by atoms with Gasteiger partial charge in [0.15, 0.2) is 0 Å². The van der Waals surface area contributed by atoms with Crippen LogP contribution < -0.4 is 0 Å². The molecule has 10 unspecified atom stereocenters. The molecule has 5 aliphatic rings. The van der Waals surface area contributed by atoms with Crippen molar-refractivity contribution in [1.82, 2.24) is 0 Å². The van der Waals surface area contributed by atoms with Gasteiger partial charge in [0.1, 0.15) is 0 Å². The van der Waals surface area contributed by atoms with Crippen LogP contribution in [0.1, 0.15) is 123 Å². The fourth-order valence-corrected chi connectivity index (χ4v) is 104. The largest absolute Gasteiger partial charge is 0.0859 e. The van der Waals surface area contributed by atoms with Crippen LogP contribution in [0.3, 0.4) is 0 Å². The monoisotopic (exact) mass is 728 g/mol. The Kier molecular flexibility index (Phi) is 7.51. The maximum absolute atomic E-state index is 3.21. The standard InChI is InChI=1S/C30H55IP6/c1-21(2)17-16-18-22(3)19-20-32-27(23(4,5)6)33-28(24(7,8)9)34-29(33,25(10,11)12)36(27)37(31)30(34,35(28)32)26(13,14)15/h17,22H,16,18-20H2,1-15H3/t22-,27?,28?,29?,30?,32?,33?,34?,35?,36?,37?/m0/s1. The zero-order valence-corrected chi connectivity index (χ0v) is 34.1. The van der Waals surface area contributed by atoms with Crippen molar-refractivity contribution in [3.8, 4) is 0 Å². The van der Waals surface area contributed by atoms with Crippen LogP contribution in [-0.2, 0) is 0 Å². The van der Waals surface area contributed by atoms with Crippen molar-refractivity contribution in [2.24, 2.45) is 27.6 Å². The number of fused-ring (bicyclic) bond motifs is 2. The molecule has 11 atom stereocenters. The highest BCUT2D eigenvalue weighted by molar-refractivity contribution is 14.2. The summed E-state index contributed by atoms with van der Waals surface area (Å²) in [5, 5.41) is 0.109. The molecule has 5 rings (SSSR count). The van der Waals surface area contributed by atoms with Gasteiger partial charge in [-0.05, 0) is 104 Å². The van der Waals surface area contributed by atoms with E-state index in [0.717, 1.165) is 24.5 Å². The molecule has 0 nitrogen and oxygen atoms in total. The van der Waals surface area contributed by atoms with Crippen molar-refractivity contribution in [3.63, 3.8) is 0 Å². The van der Waals surface area contributed by atoms with Crippen molar-refractivity contribution in [2.45, 2.75) is 142 Å². The summed E-state index contributed by atoms with van der Waals surface area (Å²) in [6.45, 7) is 39.9. The SMILES string of the molecule is CC(C)=CCC[C@H](C)CCP1P2C3(C(C)(C)C)P(I)P4C1(C(C)(C)C)P1C2(C(C)(C)C)P3C41C(C)(C)C. The molecule has 5 fully saturated rings. The molecule has 0 saturated carbocycles. The van der Waals surface area contributed by atoms with E-state index < -0.39 is 0 Å². The van der Waals surface area contributed by atoms with E-state index in [1.807, 2.05) is 0 Å². The van der Waals surface area contributed by atoms with Gasteiger partial charge in [0.2, 0.25) is 0 Å². The van der Waals surface area contributed by atoms with Crippen LogP contribution in [0.2, 0.25) is 0 Å². The van der Waals surface area contributed by atoms with E-state index >= 15 is 0 Å². The van der Waals surface area contributed by atoms with Gasteiger partial charge in [-0.15, -0.1) is 0 Å². The first-order valence-electron chi connectivity index (χ1n) is 14.7. The fourth-order valence-electron chi connectivity index (χ4n) is 8.97. The van der Waals surface area contributed by atoms with E-state index in [0.29, 0.717) is 21.7 Å². The minimum absolute atomic E-state index is 0.108.